The fourth-order valence-corrected chi connectivity index (χ4v) is 6.02. The number of amides is 1. The van der Waals surface area contributed by atoms with Gasteiger partial charge in [0.15, 0.2) is 5.75 Å². The summed E-state index contributed by atoms with van der Waals surface area (Å²) in [7, 11) is 3.56. The number of aromatic nitrogens is 2. The fourth-order valence-electron chi connectivity index (χ4n) is 5.78. The molecule has 2 aliphatic heterocycles. The molecule has 1 amide bonds. The molecule has 0 unspecified atom stereocenters. The lowest BCUT2D eigenvalue weighted by Crippen LogP contribution is -2.46. The molecule has 3 N–H and O–H groups in total. The molecule has 10 heteroatoms. The quantitative estimate of drug-likeness (QED) is 0.299. The number of hydrogen-bond acceptors (Lipinski definition) is 7. The average Bonchev–Trinajstić information content (AvgIpc) is 3.00. The van der Waals surface area contributed by atoms with Gasteiger partial charge in [0.1, 0.15) is 10.7 Å². The minimum Gasteiger partial charge on any atom is -0.493 e. The summed E-state index contributed by atoms with van der Waals surface area (Å²) in [6.07, 6.45) is 8.24. The van der Waals surface area contributed by atoms with Gasteiger partial charge >= 0.3 is 5.95 Å². The average molecular weight is 579 g/mol. The maximum atomic E-state index is 12.6. The van der Waals surface area contributed by atoms with E-state index in [2.05, 4.69) is 37.9 Å². The van der Waals surface area contributed by atoms with Crippen LogP contribution in [0.2, 0.25) is 5.02 Å². The molecule has 0 saturated carbocycles. The Bertz CT molecular complexity index is 1350. The van der Waals surface area contributed by atoms with Crippen LogP contribution >= 0.6 is 11.6 Å². The Morgan fingerprint density at radius 1 is 1.05 bits per heavy atom. The van der Waals surface area contributed by atoms with Gasteiger partial charge in [0, 0.05) is 37.4 Å². The lowest BCUT2D eigenvalue weighted by atomic mass is 9.99. The summed E-state index contributed by atoms with van der Waals surface area (Å²) in [5, 5.41) is 9.92. The zero-order chi connectivity index (χ0) is 28.8. The first-order valence-corrected chi connectivity index (χ1v) is 15.0. The Hall–Kier alpha value is -3.56. The van der Waals surface area contributed by atoms with Gasteiger partial charge < -0.3 is 25.2 Å². The van der Waals surface area contributed by atoms with E-state index < -0.39 is 0 Å². The summed E-state index contributed by atoms with van der Waals surface area (Å²) in [6.45, 7) is 7.05. The van der Waals surface area contributed by atoms with Gasteiger partial charge in [-0.3, -0.25) is 4.79 Å². The van der Waals surface area contributed by atoms with Gasteiger partial charge in [0.25, 0.3) is 5.91 Å². The number of hydrogen-bond donors (Lipinski definition) is 3. The van der Waals surface area contributed by atoms with Crippen molar-refractivity contribution in [2.24, 2.45) is 7.05 Å². The summed E-state index contributed by atoms with van der Waals surface area (Å²) in [4.78, 5) is 22.5. The fraction of sp³-hybridized carbons (Fsp3) is 0.452. The predicted molar refractivity (Wildman–Crippen MR) is 165 cm³/mol. The number of aryl methyl sites for hydroxylation is 1. The number of anilines is 5. The van der Waals surface area contributed by atoms with E-state index >= 15 is 0 Å². The van der Waals surface area contributed by atoms with E-state index in [1.165, 1.54) is 50.9 Å². The van der Waals surface area contributed by atoms with Gasteiger partial charge in [-0.1, -0.05) is 35.1 Å². The van der Waals surface area contributed by atoms with Gasteiger partial charge in [-0.2, -0.15) is 0 Å². The van der Waals surface area contributed by atoms with Crippen molar-refractivity contribution >= 4 is 46.3 Å². The molecule has 5 rings (SSSR count). The smallest absolute Gasteiger partial charge is 0.398 e. The summed E-state index contributed by atoms with van der Waals surface area (Å²) in [6, 6.07) is 14.3. The van der Waals surface area contributed by atoms with E-state index in [4.69, 9.17) is 21.3 Å². The Balaban J connectivity index is 1.31. The van der Waals surface area contributed by atoms with E-state index in [9.17, 15) is 4.79 Å². The van der Waals surface area contributed by atoms with Crippen LogP contribution in [0.5, 0.6) is 5.75 Å². The molecule has 218 valence electrons. The van der Waals surface area contributed by atoms with E-state index in [1.807, 2.05) is 42.8 Å². The maximum absolute atomic E-state index is 12.6. The highest BCUT2D eigenvalue weighted by molar-refractivity contribution is 6.32. The normalized spacial score (nSPS) is 16.3. The molecular formula is C31H41ClN7O2+. The SMILES string of the molecule is CCNC(=O)c1ccccc1Nc1nc(Nc2ccc(N3CCC(N4CCCCC4)CC3)cc2OC)[n+](C)cc1Cl. The van der Waals surface area contributed by atoms with Gasteiger partial charge in [0.05, 0.1) is 31.6 Å². The van der Waals surface area contributed by atoms with Crippen LogP contribution in [0.15, 0.2) is 48.7 Å². The Morgan fingerprint density at radius 3 is 2.54 bits per heavy atom. The number of likely N-dealkylation sites (tertiary alicyclic amines) is 1. The summed E-state index contributed by atoms with van der Waals surface area (Å²) >= 11 is 6.57. The number of ether oxygens (including phenoxy) is 1. The molecule has 3 heterocycles. The van der Waals surface area contributed by atoms with E-state index in [0.29, 0.717) is 40.6 Å². The van der Waals surface area contributed by atoms with Crippen molar-refractivity contribution in [2.75, 3.05) is 55.4 Å². The summed E-state index contributed by atoms with van der Waals surface area (Å²) < 4.78 is 7.62. The number of para-hydroxylation sites is 1. The van der Waals surface area contributed by atoms with Gasteiger partial charge in [-0.25, -0.2) is 9.88 Å². The maximum Gasteiger partial charge on any atom is 0.398 e. The van der Waals surface area contributed by atoms with Crippen molar-refractivity contribution in [3.05, 3.63) is 59.2 Å². The molecule has 0 spiro atoms. The number of nitrogens with one attached hydrogen (secondary N) is 3. The topological polar surface area (TPSA) is 85.6 Å². The second kappa shape index (κ2) is 13.4. The number of carbonyl (C=O) groups is 1. The zero-order valence-electron chi connectivity index (χ0n) is 24.3. The van der Waals surface area contributed by atoms with E-state index in [0.717, 1.165) is 24.5 Å². The molecule has 2 aromatic carbocycles. The van der Waals surface area contributed by atoms with Crippen molar-refractivity contribution in [1.29, 1.82) is 0 Å². The molecular weight excluding hydrogens is 538 g/mol. The van der Waals surface area contributed by atoms with E-state index in [-0.39, 0.29) is 5.91 Å². The number of methoxy groups -OCH3 is 1. The number of rotatable bonds is 9. The molecule has 0 aliphatic carbocycles. The van der Waals surface area contributed by atoms with Gasteiger partial charge in [0.2, 0.25) is 5.82 Å². The summed E-state index contributed by atoms with van der Waals surface area (Å²) in [5.41, 5.74) is 3.12. The van der Waals surface area contributed by atoms with Gasteiger partial charge in [-0.15, -0.1) is 0 Å². The first-order chi connectivity index (χ1) is 20.0. The molecule has 41 heavy (non-hydrogen) atoms. The number of nitrogens with zero attached hydrogens (tertiary/aromatic N) is 4. The second-order valence-corrected chi connectivity index (χ2v) is 11.1. The number of halogens is 1. The highest BCUT2D eigenvalue weighted by atomic mass is 35.5. The van der Waals surface area contributed by atoms with Gasteiger partial charge in [-0.05, 0) is 70.0 Å². The Labute approximate surface area is 247 Å². The van der Waals surface area contributed by atoms with Crippen LogP contribution in [0.3, 0.4) is 0 Å². The molecule has 2 aliphatic rings. The first-order valence-electron chi connectivity index (χ1n) is 14.6. The Kier molecular flexibility index (Phi) is 9.46. The van der Waals surface area contributed by atoms with Crippen LogP contribution in [0.1, 0.15) is 49.4 Å². The second-order valence-electron chi connectivity index (χ2n) is 10.7. The highest BCUT2D eigenvalue weighted by Crippen LogP contribution is 2.34. The molecule has 0 radical (unpaired) electrons. The zero-order valence-corrected chi connectivity index (χ0v) is 25.0. The van der Waals surface area contributed by atoms with Crippen molar-refractivity contribution in [3.63, 3.8) is 0 Å². The van der Waals surface area contributed by atoms with Crippen LogP contribution in [0.25, 0.3) is 0 Å². The third kappa shape index (κ3) is 6.85. The third-order valence-electron chi connectivity index (χ3n) is 8.02. The van der Waals surface area contributed by atoms with Crippen molar-refractivity contribution < 1.29 is 14.1 Å². The highest BCUT2D eigenvalue weighted by Gasteiger charge is 2.26. The monoisotopic (exact) mass is 578 g/mol. The van der Waals surface area contributed by atoms with E-state index in [1.54, 1.807) is 19.4 Å². The lowest BCUT2D eigenvalue weighted by molar-refractivity contribution is -0.659. The lowest BCUT2D eigenvalue weighted by Gasteiger charge is -2.41. The number of piperidine rings is 2. The minimum atomic E-state index is -0.160. The number of carbonyl (C=O) groups excluding carboxylic acids is 1. The first kappa shape index (κ1) is 29.0. The predicted octanol–water partition coefficient (Wildman–Crippen LogP) is 5.26. The van der Waals surface area contributed by atoms with Crippen molar-refractivity contribution in [1.82, 2.24) is 15.2 Å². The molecule has 3 aromatic rings. The minimum absolute atomic E-state index is 0.160. The largest absolute Gasteiger partial charge is 0.493 e. The molecule has 2 fully saturated rings. The molecule has 9 nitrogen and oxygen atoms in total. The Morgan fingerprint density at radius 2 is 1.80 bits per heavy atom. The van der Waals surface area contributed by atoms with Crippen LogP contribution in [-0.4, -0.2) is 61.7 Å². The molecule has 2 saturated heterocycles. The third-order valence-corrected chi connectivity index (χ3v) is 8.29. The van der Waals surface area contributed by atoms with Crippen LogP contribution < -0.4 is 30.2 Å². The van der Waals surface area contributed by atoms with Crippen LogP contribution in [0.4, 0.5) is 28.8 Å². The molecule has 1 aromatic heterocycles. The molecule has 0 bridgehead atoms. The van der Waals surface area contributed by atoms with Crippen molar-refractivity contribution in [3.8, 4) is 5.75 Å². The number of benzene rings is 2. The van der Waals surface area contributed by atoms with Crippen LogP contribution in [0, 0.1) is 0 Å². The summed E-state index contributed by atoms with van der Waals surface area (Å²) in [5.74, 6) is 1.59. The van der Waals surface area contributed by atoms with Crippen molar-refractivity contribution in [2.45, 2.75) is 45.1 Å². The van der Waals surface area contributed by atoms with Crippen LogP contribution in [-0.2, 0) is 7.05 Å². The standard InChI is InChI=1S/C31H40ClN7O2/c1-4-33-30(40)24-10-6-7-11-26(24)34-29-25(32)21-37(2)31(36-29)35-27-13-12-23(20-28(27)41-3)39-18-14-22(15-19-39)38-16-8-5-9-17-38/h6-7,10-13,20-22H,4-5,8-9,14-19H2,1-3H3,(H2,33,34,35,36,40)/p+1. The molecule has 0 atom stereocenters.